The molecule has 1 aliphatic heterocycles. The SMILES string of the molecule is CN(C)C(=O)CN1CCN(c2ccc(O)cc2)CC1. The average molecular weight is 263 g/mol. The summed E-state index contributed by atoms with van der Waals surface area (Å²) in [7, 11) is 3.57. The number of amides is 1. The van der Waals surface area contributed by atoms with Crippen LogP contribution in [0.3, 0.4) is 0 Å². The van der Waals surface area contributed by atoms with Gasteiger partial charge in [-0.25, -0.2) is 0 Å². The van der Waals surface area contributed by atoms with Crippen molar-refractivity contribution in [3.63, 3.8) is 0 Å². The van der Waals surface area contributed by atoms with E-state index in [1.54, 1.807) is 31.1 Å². The number of anilines is 1. The van der Waals surface area contributed by atoms with Crippen LogP contribution in [0.4, 0.5) is 5.69 Å². The molecular weight excluding hydrogens is 242 g/mol. The summed E-state index contributed by atoms with van der Waals surface area (Å²) in [6, 6.07) is 7.26. The van der Waals surface area contributed by atoms with Crippen molar-refractivity contribution in [3.8, 4) is 5.75 Å². The van der Waals surface area contributed by atoms with Crippen molar-refractivity contribution < 1.29 is 9.90 Å². The van der Waals surface area contributed by atoms with Gasteiger partial charge in [0.25, 0.3) is 0 Å². The fourth-order valence-corrected chi connectivity index (χ4v) is 2.16. The summed E-state index contributed by atoms with van der Waals surface area (Å²) in [6.45, 7) is 4.09. The molecule has 0 spiro atoms. The molecule has 1 saturated heterocycles. The first kappa shape index (κ1) is 13.7. The van der Waals surface area contributed by atoms with E-state index in [2.05, 4.69) is 9.80 Å². The number of carbonyl (C=O) groups is 1. The minimum absolute atomic E-state index is 0.151. The second kappa shape index (κ2) is 5.93. The second-order valence-electron chi connectivity index (χ2n) is 5.07. The molecule has 0 aromatic heterocycles. The highest BCUT2D eigenvalue weighted by atomic mass is 16.3. The molecule has 0 bridgehead atoms. The van der Waals surface area contributed by atoms with E-state index in [1.807, 2.05) is 12.1 Å². The minimum Gasteiger partial charge on any atom is -0.508 e. The summed E-state index contributed by atoms with van der Waals surface area (Å²) in [4.78, 5) is 17.7. The topological polar surface area (TPSA) is 47.0 Å². The van der Waals surface area contributed by atoms with Gasteiger partial charge in [0.1, 0.15) is 5.75 Å². The first-order valence-electron chi connectivity index (χ1n) is 6.53. The highest BCUT2D eigenvalue weighted by Crippen LogP contribution is 2.19. The smallest absolute Gasteiger partial charge is 0.236 e. The fraction of sp³-hybridized carbons (Fsp3) is 0.500. The number of phenolic OH excluding ortho intramolecular Hbond substituents is 1. The molecule has 0 saturated carbocycles. The zero-order valence-electron chi connectivity index (χ0n) is 11.5. The number of rotatable bonds is 3. The van der Waals surface area contributed by atoms with Crippen LogP contribution in [0.5, 0.6) is 5.75 Å². The van der Waals surface area contributed by atoms with E-state index in [-0.39, 0.29) is 5.91 Å². The van der Waals surface area contributed by atoms with Crippen molar-refractivity contribution in [3.05, 3.63) is 24.3 Å². The van der Waals surface area contributed by atoms with Crippen molar-refractivity contribution >= 4 is 11.6 Å². The second-order valence-corrected chi connectivity index (χ2v) is 5.07. The van der Waals surface area contributed by atoms with Gasteiger partial charge in [0, 0.05) is 46.0 Å². The number of hydrogen-bond acceptors (Lipinski definition) is 4. The Morgan fingerprint density at radius 3 is 2.26 bits per heavy atom. The molecule has 0 aliphatic carbocycles. The van der Waals surface area contributed by atoms with Gasteiger partial charge in [-0.05, 0) is 24.3 Å². The summed E-state index contributed by atoms with van der Waals surface area (Å²) in [6.07, 6.45) is 0. The van der Waals surface area contributed by atoms with Crippen LogP contribution in [-0.4, -0.2) is 67.6 Å². The Kier molecular flexibility index (Phi) is 4.27. The van der Waals surface area contributed by atoms with Gasteiger partial charge in [0.15, 0.2) is 0 Å². The number of nitrogens with zero attached hydrogens (tertiary/aromatic N) is 3. The van der Waals surface area contributed by atoms with Crippen LogP contribution in [-0.2, 0) is 4.79 Å². The van der Waals surface area contributed by atoms with Gasteiger partial charge in [-0.1, -0.05) is 0 Å². The van der Waals surface area contributed by atoms with Crippen LogP contribution < -0.4 is 4.90 Å². The lowest BCUT2D eigenvalue weighted by atomic mass is 10.2. The third-order valence-corrected chi connectivity index (χ3v) is 3.44. The van der Waals surface area contributed by atoms with Crippen LogP contribution >= 0.6 is 0 Å². The largest absolute Gasteiger partial charge is 0.508 e. The van der Waals surface area contributed by atoms with Crippen molar-refractivity contribution in [2.24, 2.45) is 0 Å². The fourth-order valence-electron chi connectivity index (χ4n) is 2.16. The zero-order chi connectivity index (χ0) is 13.8. The van der Waals surface area contributed by atoms with E-state index in [0.717, 1.165) is 31.9 Å². The molecule has 19 heavy (non-hydrogen) atoms. The van der Waals surface area contributed by atoms with Crippen LogP contribution in [0.1, 0.15) is 0 Å². The number of carbonyl (C=O) groups excluding carboxylic acids is 1. The van der Waals surface area contributed by atoms with E-state index < -0.39 is 0 Å². The van der Waals surface area contributed by atoms with E-state index >= 15 is 0 Å². The van der Waals surface area contributed by atoms with Gasteiger partial charge in [0.2, 0.25) is 5.91 Å². The Bertz CT molecular complexity index is 423. The van der Waals surface area contributed by atoms with Crippen LogP contribution in [0, 0.1) is 0 Å². The molecule has 5 heteroatoms. The standard InChI is InChI=1S/C14H21N3O2/c1-15(2)14(19)11-16-7-9-17(10-8-16)12-3-5-13(18)6-4-12/h3-6,18H,7-11H2,1-2H3. The molecule has 1 amide bonds. The van der Waals surface area contributed by atoms with E-state index in [4.69, 9.17) is 0 Å². The molecule has 1 aromatic carbocycles. The average Bonchev–Trinajstić information content (AvgIpc) is 2.40. The summed E-state index contributed by atoms with van der Waals surface area (Å²) >= 11 is 0. The first-order chi connectivity index (χ1) is 9.06. The lowest BCUT2D eigenvalue weighted by Crippen LogP contribution is -2.49. The summed E-state index contributed by atoms with van der Waals surface area (Å²) < 4.78 is 0. The molecule has 0 atom stereocenters. The molecule has 104 valence electrons. The molecule has 1 aliphatic rings. The van der Waals surface area contributed by atoms with E-state index in [0.29, 0.717) is 12.3 Å². The van der Waals surface area contributed by atoms with Crippen LogP contribution in [0.2, 0.25) is 0 Å². The first-order valence-corrected chi connectivity index (χ1v) is 6.53. The third-order valence-electron chi connectivity index (χ3n) is 3.44. The molecule has 1 fully saturated rings. The van der Waals surface area contributed by atoms with Gasteiger partial charge in [-0.2, -0.15) is 0 Å². The highest BCUT2D eigenvalue weighted by Gasteiger charge is 2.19. The minimum atomic E-state index is 0.151. The predicted octanol–water partition coefficient (Wildman–Crippen LogP) is 0.602. The van der Waals surface area contributed by atoms with E-state index in [1.165, 1.54) is 0 Å². The summed E-state index contributed by atoms with van der Waals surface area (Å²) in [5.74, 6) is 0.442. The molecule has 5 nitrogen and oxygen atoms in total. The van der Waals surface area contributed by atoms with Gasteiger partial charge in [-0.15, -0.1) is 0 Å². The Morgan fingerprint density at radius 1 is 1.16 bits per heavy atom. The number of piperazine rings is 1. The predicted molar refractivity (Wildman–Crippen MR) is 75.5 cm³/mol. The lowest BCUT2D eigenvalue weighted by Gasteiger charge is -2.36. The quantitative estimate of drug-likeness (QED) is 0.867. The van der Waals surface area contributed by atoms with Gasteiger partial charge in [-0.3, -0.25) is 9.69 Å². The van der Waals surface area contributed by atoms with Gasteiger partial charge in [0.05, 0.1) is 6.54 Å². The van der Waals surface area contributed by atoms with Crippen LogP contribution in [0.15, 0.2) is 24.3 Å². The molecule has 2 rings (SSSR count). The Labute approximate surface area is 114 Å². The van der Waals surface area contributed by atoms with Crippen molar-refractivity contribution in [1.82, 2.24) is 9.80 Å². The Hall–Kier alpha value is -1.75. The zero-order valence-corrected chi connectivity index (χ0v) is 11.5. The monoisotopic (exact) mass is 263 g/mol. The number of likely N-dealkylation sites (N-methyl/N-ethyl adjacent to an activating group) is 1. The molecule has 1 heterocycles. The number of phenols is 1. The van der Waals surface area contributed by atoms with Crippen molar-refractivity contribution in [2.75, 3.05) is 51.7 Å². The normalized spacial score (nSPS) is 16.4. The third kappa shape index (κ3) is 3.61. The van der Waals surface area contributed by atoms with Gasteiger partial charge >= 0.3 is 0 Å². The highest BCUT2D eigenvalue weighted by molar-refractivity contribution is 5.77. The van der Waals surface area contributed by atoms with Gasteiger partial charge < -0.3 is 14.9 Å². The number of hydrogen-bond donors (Lipinski definition) is 1. The molecule has 1 aromatic rings. The Balaban J connectivity index is 1.85. The summed E-state index contributed by atoms with van der Waals surface area (Å²) in [5, 5.41) is 9.28. The lowest BCUT2D eigenvalue weighted by molar-refractivity contribution is -0.129. The van der Waals surface area contributed by atoms with Crippen LogP contribution in [0.25, 0.3) is 0 Å². The maximum absolute atomic E-state index is 11.6. The molecular formula is C14H21N3O2. The number of aromatic hydroxyl groups is 1. The molecule has 1 N–H and O–H groups in total. The number of benzene rings is 1. The maximum atomic E-state index is 11.6. The van der Waals surface area contributed by atoms with E-state index in [9.17, 15) is 9.90 Å². The summed E-state index contributed by atoms with van der Waals surface area (Å²) in [5.41, 5.74) is 1.12. The van der Waals surface area contributed by atoms with Crippen molar-refractivity contribution in [2.45, 2.75) is 0 Å². The maximum Gasteiger partial charge on any atom is 0.236 e. The molecule has 0 unspecified atom stereocenters. The molecule has 0 radical (unpaired) electrons. The van der Waals surface area contributed by atoms with Crippen molar-refractivity contribution in [1.29, 1.82) is 0 Å². The Morgan fingerprint density at radius 2 is 1.74 bits per heavy atom.